The third kappa shape index (κ3) is 6.36. The van der Waals surface area contributed by atoms with Gasteiger partial charge in [-0.3, -0.25) is 0 Å². The average molecular weight is 701 g/mol. The fraction of sp³-hybridized carbons (Fsp3) is 0.293. The zero-order chi connectivity index (χ0) is 29.8. The molecule has 0 N–H and O–H groups in total. The van der Waals surface area contributed by atoms with E-state index in [0.29, 0.717) is 0 Å². The van der Waals surface area contributed by atoms with E-state index in [9.17, 15) is 0 Å². The molecule has 0 saturated carbocycles. The van der Waals surface area contributed by atoms with Gasteiger partial charge in [0, 0.05) is 0 Å². The Hall–Kier alpha value is -2.31. The molecule has 0 fully saturated rings. The minimum absolute atomic E-state index is 0. The second kappa shape index (κ2) is 13.2. The van der Waals surface area contributed by atoms with Gasteiger partial charge < -0.3 is 0 Å². The number of fused-ring (bicyclic) bond motifs is 3. The maximum atomic E-state index is 2.58. The monoisotopic (exact) mass is 698 g/mol. The predicted octanol–water partition coefficient (Wildman–Crippen LogP) is 10.7. The molecule has 6 rings (SSSR count). The van der Waals surface area contributed by atoms with E-state index in [0.717, 1.165) is 12.8 Å². The molecule has 44 heavy (non-hydrogen) atoms. The van der Waals surface area contributed by atoms with E-state index in [1.807, 2.05) is 0 Å². The van der Waals surface area contributed by atoms with Gasteiger partial charge in [0.2, 0.25) is 0 Å². The Morgan fingerprint density at radius 3 is 1.73 bits per heavy atom. The van der Waals surface area contributed by atoms with E-state index in [1.165, 1.54) is 50.1 Å². The van der Waals surface area contributed by atoms with Gasteiger partial charge in [0.1, 0.15) is 0 Å². The fourth-order valence-electron chi connectivity index (χ4n) is 7.28. The maximum Gasteiger partial charge on any atom is -0.147 e. The van der Waals surface area contributed by atoms with Gasteiger partial charge in [-0.1, -0.05) is 0 Å². The summed E-state index contributed by atoms with van der Waals surface area (Å²) >= 11 is -2.72. The molecular weight excluding hydrogens is 655 g/mol. The van der Waals surface area contributed by atoms with E-state index < -0.39 is 21.3 Å². The summed E-state index contributed by atoms with van der Waals surface area (Å²) in [5.41, 5.74) is 15.0. The number of aryl methyl sites for hydroxylation is 1. The second-order valence-electron chi connectivity index (χ2n) is 14.3. The molecule has 2 aliphatic carbocycles. The molecule has 228 valence electrons. The first kappa shape index (κ1) is 34.6. The fourth-order valence-corrected chi connectivity index (χ4v) is 15.7. The molecule has 0 nitrogen and oxygen atoms in total. The molecule has 0 unspecified atom stereocenters. The Morgan fingerprint density at radius 2 is 1.23 bits per heavy atom. The summed E-state index contributed by atoms with van der Waals surface area (Å²) in [4.78, 5) is 0. The summed E-state index contributed by atoms with van der Waals surface area (Å²) in [6.45, 7) is 19.0. The number of allylic oxidation sites excluding steroid dienone is 4. The zero-order valence-electron chi connectivity index (χ0n) is 27.5. The third-order valence-corrected chi connectivity index (χ3v) is 17.2. The van der Waals surface area contributed by atoms with Crippen molar-refractivity contribution >= 4 is 31.3 Å². The second-order valence-corrected chi connectivity index (χ2v) is 20.1. The van der Waals surface area contributed by atoms with E-state index >= 15 is 0 Å². The minimum Gasteiger partial charge on any atom is -0.147 e. The van der Waals surface area contributed by atoms with Crippen LogP contribution in [0.15, 0.2) is 100 Å². The maximum absolute atomic E-state index is 2.72. The van der Waals surface area contributed by atoms with E-state index in [4.69, 9.17) is 0 Å². The molecule has 0 radical (unpaired) electrons. The number of hydrogen-bond donors (Lipinski definition) is 0. The minimum atomic E-state index is -2.72. The summed E-state index contributed by atoms with van der Waals surface area (Å²) in [7, 11) is 0. The Balaban J connectivity index is 0.00000221. The molecule has 4 aromatic rings. The third-order valence-electron chi connectivity index (χ3n) is 9.14. The molecule has 0 amide bonds. The molecule has 0 spiro atoms. The van der Waals surface area contributed by atoms with Gasteiger partial charge in [-0.25, -0.2) is 0 Å². The molecule has 4 aromatic carbocycles. The molecule has 3 heteroatoms. The van der Waals surface area contributed by atoms with Crippen molar-refractivity contribution in [2.24, 2.45) is 0 Å². The van der Waals surface area contributed by atoms with Crippen molar-refractivity contribution in [3.05, 3.63) is 145 Å². The first-order valence-electron chi connectivity index (χ1n) is 15.5. The summed E-state index contributed by atoms with van der Waals surface area (Å²) in [6.07, 6.45) is 9.27. The summed E-state index contributed by atoms with van der Waals surface area (Å²) in [5, 5.41) is 0. The number of rotatable bonds is 4. The Kier molecular flexibility index (Phi) is 10.4. The first-order valence-corrected chi connectivity index (χ1v) is 19.2. The molecule has 0 heterocycles. The van der Waals surface area contributed by atoms with E-state index in [1.54, 1.807) is 15.3 Å². The van der Waals surface area contributed by atoms with Gasteiger partial charge >= 0.3 is 263 Å². The van der Waals surface area contributed by atoms with Crippen LogP contribution in [-0.2, 0) is 38.5 Å². The van der Waals surface area contributed by atoms with Gasteiger partial charge in [0.05, 0.1) is 0 Å². The summed E-state index contributed by atoms with van der Waals surface area (Å²) in [6, 6.07) is 30.2. The summed E-state index contributed by atoms with van der Waals surface area (Å²) < 4.78 is 5.00. The van der Waals surface area contributed by atoms with E-state index in [-0.39, 0.29) is 35.6 Å². The van der Waals surface area contributed by atoms with Crippen molar-refractivity contribution in [1.29, 1.82) is 0 Å². The van der Waals surface area contributed by atoms with Crippen LogP contribution in [0, 0.1) is 13.8 Å². The molecule has 2 aliphatic rings. The largest absolute Gasteiger partial charge is 0.147 e. The van der Waals surface area contributed by atoms with Crippen molar-refractivity contribution in [3.63, 3.8) is 0 Å². The van der Waals surface area contributed by atoms with Crippen LogP contribution < -0.4 is 3.27 Å². The van der Waals surface area contributed by atoms with Gasteiger partial charge in [0.25, 0.3) is 0 Å². The number of halogens is 2. The van der Waals surface area contributed by atoms with Gasteiger partial charge in [-0.05, 0) is 0 Å². The predicted molar refractivity (Wildman–Crippen MR) is 194 cm³/mol. The van der Waals surface area contributed by atoms with Gasteiger partial charge in [0.15, 0.2) is 0 Å². The summed E-state index contributed by atoms with van der Waals surface area (Å²) in [5.74, 6) is 0. The molecular formula is C41H46Cl2Zr. The van der Waals surface area contributed by atoms with Gasteiger partial charge in [-0.15, -0.1) is 24.8 Å². The van der Waals surface area contributed by atoms with Crippen molar-refractivity contribution < 1.29 is 21.3 Å². The standard InChI is InChI=1S/C23H29.C13H10.C5H5.2ClH.Zr/c1-14-9-16-11-17-10-15(2)21(23(6,7)8)13-19(17)18(16)12-20(14)22(3,4)5;1-3-7-12(8-4-1)11-13-9-5-2-6-10-13;1-2-4-5-3-1;;;/h9,12-13H,11H2,1-8H3;1-10H;1-3H,4H2;2*1H;. The SMILES string of the molecule is Cc1cc2c(cc1C(C)(C)C)-c1cc(C(C)(C)C)c(C)[c]([Zr]([C]3=CC=CC3)=[C](c3ccccc3)c3ccccc3)c1C2.Cl.Cl. The Labute approximate surface area is 285 Å². The molecule has 0 aromatic heterocycles. The molecule has 0 bridgehead atoms. The number of hydrogen-bond acceptors (Lipinski definition) is 0. The number of benzene rings is 4. The molecule has 0 atom stereocenters. The van der Waals surface area contributed by atoms with Crippen LogP contribution in [0.3, 0.4) is 0 Å². The normalized spacial score (nSPS) is 13.4. The van der Waals surface area contributed by atoms with E-state index in [2.05, 4.69) is 152 Å². The van der Waals surface area contributed by atoms with Crippen molar-refractivity contribution in [1.82, 2.24) is 0 Å². The van der Waals surface area contributed by atoms with Crippen LogP contribution in [0.5, 0.6) is 0 Å². The first-order chi connectivity index (χ1) is 19.9. The Bertz CT molecular complexity index is 1740. The topological polar surface area (TPSA) is 0 Å². The Morgan fingerprint density at radius 1 is 0.682 bits per heavy atom. The van der Waals surface area contributed by atoms with Crippen molar-refractivity contribution in [2.75, 3.05) is 0 Å². The average Bonchev–Trinajstić information content (AvgIpc) is 3.59. The molecule has 0 saturated heterocycles. The van der Waals surface area contributed by atoms with Crippen LogP contribution in [0.25, 0.3) is 11.1 Å². The van der Waals surface area contributed by atoms with Crippen LogP contribution in [-0.4, -0.2) is 3.21 Å². The van der Waals surface area contributed by atoms with Crippen LogP contribution in [0.1, 0.15) is 92.5 Å². The van der Waals surface area contributed by atoms with Crippen LogP contribution >= 0.6 is 24.8 Å². The molecule has 0 aliphatic heterocycles. The van der Waals surface area contributed by atoms with Gasteiger partial charge in [-0.2, -0.15) is 0 Å². The van der Waals surface area contributed by atoms with Crippen molar-refractivity contribution in [3.8, 4) is 11.1 Å². The van der Waals surface area contributed by atoms with Crippen LogP contribution in [0.2, 0.25) is 0 Å². The smallest absolute Gasteiger partial charge is 0.147 e. The quantitative estimate of drug-likeness (QED) is 0.175. The van der Waals surface area contributed by atoms with Crippen LogP contribution in [0.4, 0.5) is 0 Å². The van der Waals surface area contributed by atoms with Crippen molar-refractivity contribution in [2.45, 2.75) is 79.1 Å². The zero-order valence-corrected chi connectivity index (χ0v) is 31.6.